The molecule has 4 heteroatoms. The van der Waals surface area contributed by atoms with E-state index in [-0.39, 0.29) is 18.0 Å². The van der Waals surface area contributed by atoms with Gasteiger partial charge in [-0.15, -0.1) is 0 Å². The number of carbonyl (C=O) groups excluding carboxylic acids is 1. The van der Waals surface area contributed by atoms with Crippen LogP contribution >= 0.6 is 0 Å². The van der Waals surface area contributed by atoms with Crippen molar-refractivity contribution in [3.05, 3.63) is 74.6 Å². The number of para-hydroxylation sites is 1. The number of nitrogens with one attached hydrogen (secondary N) is 1. The predicted molar refractivity (Wildman–Crippen MR) is 105 cm³/mol. The highest BCUT2D eigenvalue weighted by atomic mass is 16.4. The van der Waals surface area contributed by atoms with Crippen molar-refractivity contribution >= 4 is 22.6 Å². The van der Waals surface area contributed by atoms with Crippen LogP contribution in [0.1, 0.15) is 34.2 Å². The summed E-state index contributed by atoms with van der Waals surface area (Å²) in [6, 6.07) is 11.7. The molecule has 0 unspecified atom stereocenters. The van der Waals surface area contributed by atoms with Crippen LogP contribution in [0.3, 0.4) is 0 Å². The number of aryl methyl sites for hydroxylation is 4. The molecule has 1 N–H and O–H groups in total. The molecule has 2 aromatic carbocycles. The summed E-state index contributed by atoms with van der Waals surface area (Å²) in [6.45, 7) is 7.80. The molecule has 0 saturated heterocycles. The van der Waals surface area contributed by atoms with Crippen molar-refractivity contribution in [2.75, 3.05) is 5.32 Å². The Morgan fingerprint density at radius 3 is 2.42 bits per heavy atom. The number of amides is 1. The summed E-state index contributed by atoms with van der Waals surface area (Å²) in [5.41, 5.74) is 5.62. The number of carbonyl (C=O) groups is 1. The Morgan fingerprint density at radius 1 is 1.04 bits per heavy atom. The number of fused-ring (bicyclic) bond motifs is 1. The van der Waals surface area contributed by atoms with Gasteiger partial charge >= 0.3 is 5.63 Å². The van der Waals surface area contributed by atoms with Crippen LogP contribution in [-0.2, 0) is 11.2 Å². The number of hydrogen-bond acceptors (Lipinski definition) is 3. The second-order valence-corrected chi connectivity index (χ2v) is 6.81. The van der Waals surface area contributed by atoms with Crippen LogP contribution in [-0.4, -0.2) is 5.91 Å². The molecule has 26 heavy (non-hydrogen) atoms. The first-order valence-electron chi connectivity index (χ1n) is 8.76. The van der Waals surface area contributed by atoms with E-state index in [1.54, 1.807) is 0 Å². The van der Waals surface area contributed by atoms with Gasteiger partial charge in [0.2, 0.25) is 5.91 Å². The Bertz CT molecular complexity index is 1030. The highest BCUT2D eigenvalue weighted by Crippen LogP contribution is 2.22. The molecule has 0 atom stereocenters. The zero-order valence-corrected chi connectivity index (χ0v) is 15.6. The van der Waals surface area contributed by atoms with Gasteiger partial charge in [-0.25, -0.2) is 4.79 Å². The van der Waals surface area contributed by atoms with Gasteiger partial charge in [-0.2, -0.15) is 0 Å². The minimum Gasteiger partial charge on any atom is -0.423 e. The van der Waals surface area contributed by atoms with Gasteiger partial charge in [0.15, 0.2) is 0 Å². The highest BCUT2D eigenvalue weighted by molar-refractivity contribution is 5.92. The maximum atomic E-state index is 12.4. The van der Waals surface area contributed by atoms with Crippen molar-refractivity contribution in [2.45, 2.75) is 40.5 Å². The van der Waals surface area contributed by atoms with E-state index in [4.69, 9.17) is 4.42 Å². The van der Waals surface area contributed by atoms with Gasteiger partial charge in [0.1, 0.15) is 5.58 Å². The van der Waals surface area contributed by atoms with E-state index < -0.39 is 0 Å². The summed E-state index contributed by atoms with van der Waals surface area (Å²) in [5.74, 6) is -0.106. The molecule has 0 fully saturated rings. The summed E-state index contributed by atoms with van der Waals surface area (Å²) < 4.78 is 5.46. The fraction of sp³-hybridized carbons (Fsp3) is 0.273. The lowest BCUT2D eigenvalue weighted by atomic mass is 10.0. The van der Waals surface area contributed by atoms with E-state index >= 15 is 0 Å². The topological polar surface area (TPSA) is 59.3 Å². The monoisotopic (exact) mass is 349 g/mol. The Hall–Kier alpha value is -2.88. The molecule has 0 aliphatic rings. The van der Waals surface area contributed by atoms with Crippen LogP contribution in [0.2, 0.25) is 0 Å². The van der Waals surface area contributed by atoms with Crippen LogP contribution in [0, 0.1) is 27.7 Å². The highest BCUT2D eigenvalue weighted by Gasteiger charge is 2.14. The standard InChI is InChI=1S/C22H23NO3/c1-13-8-9-17-16(4)18(22(25)26-19(17)12-13)10-11-20(24)23-21-14(2)6-5-7-15(21)3/h5-9,12H,10-11H2,1-4H3,(H,23,24). The van der Waals surface area contributed by atoms with Crippen LogP contribution in [0.5, 0.6) is 0 Å². The summed E-state index contributed by atoms with van der Waals surface area (Å²) in [4.78, 5) is 24.7. The smallest absolute Gasteiger partial charge is 0.339 e. The van der Waals surface area contributed by atoms with Gasteiger partial charge in [0.05, 0.1) is 0 Å². The number of anilines is 1. The molecule has 3 aromatic rings. The summed E-state index contributed by atoms with van der Waals surface area (Å²) in [6.07, 6.45) is 0.589. The van der Waals surface area contributed by atoms with Crippen molar-refractivity contribution in [1.82, 2.24) is 0 Å². The minimum atomic E-state index is -0.361. The Morgan fingerprint density at radius 2 is 1.73 bits per heavy atom. The normalized spacial score (nSPS) is 10.9. The molecule has 3 rings (SSSR count). The lowest BCUT2D eigenvalue weighted by molar-refractivity contribution is -0.116. The predicted octanol–water partition coefficient (Wildman–Crippen LogP) is 4.60. The second-order valence-electron chi connectivity index (χ2n) is 6.81. The number of hydrogen-bond donors (Lipinski definition) is 1. The lowest BCUT2D eigenvalue weighted by Crippen LogP contribution is -2.17. The van der Waals surface area contributed by atoms with E-state index in [2.05, 4.69) is 5.32 Å². The third-order valence-corrected chi connectivity index (χ3v) is 4.79. The van der Waals surface area contributed by atoms with Gasteiger partial charge < -0.3 is 9.73 Å². The Balaban J connectivity index is 1.80. The number of benzene rings is 2. The van der Waals surface area contributed by atoms with Crippen molar-refractivity contribution in [3.63, 3.8) is 0 Å². The molecular formula is C22H23NO3. The fourth-order valence-corrected chi connectivity index (χ4v) is 3.24. The van der Waals surface area contributed by atoms with E-state index in [1.807, 2.05) is 64.1 Å². The quantitative estimate of drug-likeness (QED) is 0.700. The average Bonchev–Trinajstić information content (AvgIpc) is 2.57. The zero-order valence-electron chi connectivity index (χ0n) is 15.6. The third-order valence-electron chi connectivity index (χ3n) is 4.79. The van der Waals surface area contributed by atoms with Crippen LogP contribution < -0.4 is 10.9 Å². The Labute approximate surface area is 152 Å². The molecule has 0 aliphatic heterocycles. The fourth-order valence-electron chi connectivity index (χ4n) is 3.24. The first kappa shape index (κ1) is 17.9. The average molecular weight is 349 g/mol. The summed E-state index contributed by atoms with van der Waals surface area (Å²) >= 11 is 0. The molecule has 4 nitrogen and oxygen atoms in total. The molecule has 0 saturated carbocycles. The maximum Gasteiger partial charge on any atom is 0.339 e. The lowest BCUT2D eigenvalue weighted by Gasteiger charge is -2.12. The first-order valence-corrected chi connectivity index (χ1v) is 8.76. The minimum absolute atomic E-state index is 0.106. The Kier molecular flexibility index (Phi) is 4.94. The molecule has 1 amide bonds. The van der Waals surface area contributed by atoms with Gasteiger partial charge in [-0.05, 0) is 62.4 Å². The van der Waals surface area contributed by atoms with Gasteiger partial charge in [-0.1, -0.05) is 30.3 Å². The van der Waals surface area contributed by atoms with Gasteiger partial charge in [0.25, 0.3) is 0 Å². The van der Waals surface area contributed by atoms with Crippen molar-refractivity contribution in [2.24, 2.45) is 0 Å². The summed E-state index contributed by atoms with van der Waals surface area (Å²) in [5, 5.41) is 3.88. The molecule has 0 spiro atoms. The molecule has 1 heterocycles. The van der Waals surface area contributed by atoms with E-state index in [9.17, 15) is 9.59 Å². The number of rotatable bonds is 4. The van der Waals surface area contributed by atoms with Crippen LogP contribution in [0.25, 0.3) is 11.0 Å². The largest absolute Gasteiger partial charge is 0.423 e. The molecule has 1 aromatic heterocycles. The van der Waals surface area contributed by atoms with Crippen molar-refractivity contribution < 1.29 is 9.21 Å². The van der Waals surface area contributed by atoms with E-state index in [1.165, 1.54) is 0 Å². The molecular weight excluding hydrogens is 326 g/mol. The second kappa shape index (κ2) is 7.16. The van der Waals surface area contributed by atoms with Gasteiger partial charge in [-0.3, -0.25) is 4.79 Å². The molecule has 0 bridgehead atoms. The van der Waals surface area contributed by atoms with Crippen LogP contribution in [0.4, 0.5) is 5.69 Å². The van der Waals surface area contributed by atoms with Gasteiger partial charge in [0, 0.05) is 23.1 Å². The molecule has 0 radical (unpaired) electrons. The third kappa shape index (κ3) is 3.54. The van der Waals surface area contributed by atoms with Crippen molar-refractivity contribution in [3.8, 4) is 0 Å². The van der Waals surface area contributed by atoms with Crippen LogP contribution in [0.15, 0.2) is 45.6 Å². The van der Waals surface area contributed by atoms with Crippen molar-refractivity contribution in [1.29, 1.82) is 0 Å². The van der Waals surface area contributed by atoms with E-state index in [0.29, 0.717) is 17.6 Å². The molecule has 0 aliphatic carbocycles. The first-order chi connectivity index (χ1) is 12.4. The molecule has 134 valence electrons. The SMILES string of the molecule is Cc1ccc2c(C)c(CCC(=O)Nc3c(C)cccc3C)c(=O)oc2c1. The van der Waals surface area contributed by atoms with E-state index in [0.717, 1.165) is 33.3 Å². The zero-order chi connectivity index (χ0) is 18.8. The maximum absolute atomic E-state index is 12.4. The summed E-state index contributed by atoms with van der Waals surface area (Å²) in [7, 11) is 0.